The van der Waals surface area contributed by atoms with Crippen LogP contribution in [0.25, 0.3) is 0 Å². The smallest absolute Gasteiger partial charge is 0.325 e. The molecule has 4 nitrogen and oxygen atoms in total. The third kappa shape index (κ3) is 3.27. The number of rotatable bonds is 3. The SMILES string of the molecule is C.COC(=O)C(C)(N)CC1CCCO1. The molecular weight excluding hydrogens is 182 g/mol. The van der Waals surface area contributed by atoms with Crippen LogP contribution in [0.4, 0.5) is 0 Å². The summed E-state index contributed by atoms with van der Waals surface area (Å²) in [6.07, 6.45) is 2.71. The van der Waals surface area contributed by atoms with Crippen LogP contribution >= 0.6 is 0 Å². The third-order valence-corrected chi connectivity index (χ3v) is 2.33. The molecule has 1 aliphatic rings. The summed E-state index contributed by atoms with van der Waals surface area (Å²) in [6.45, 7) is 2.46. The molecule has 0 amide bonds. The number of carbonyl (C=O) groups excluding carboxylic acids is 1. The van der Waals surface area contributed by atoms with Gasteiger partial charge >= 0.3 is 5.97 Å². The largest absolute Gasteiger partial charge is 0.468 e. The predicted molar refractivity (Wildman–Crippen MR) is 54.9 cm³/mol. The van der Waals surface area contributed by atoms with Crippen molar-refractivity contribution in [2.24, 2.45) is 5.73 Å². The van der Waals surface area contributed by atoms with Crippen molar-refractivity contribution in [1.29, 1.82) is 0 Å². The zero-order valence-corrected chi connectivity index (χ0v) is 8.21. The van der Waals surface area contributed by atoms with E-state index < -0.39 is 5.54 Å². The van der Waals surface area contributed by atoms with E-state index in [1.165, 1.54) is 7.11 Å². The van der Waals surface area contributed by atoms with Gasteiger partial charge in [0.05, 0.1) is 13.2 Å². The molecule has 2 N–H and O–H groups in total. The van der Waals surface area contributed by atoms with Crippen molar-refractivity contribution in [1.82, 2.24) is 0 Å². The fraction of sp³-hybridized carbons (Fsp3) is 0.900. The molecule has 0 aromatic heterocycles. The molecule has 2 unspecified atom stereocenters. The minimum atomic E-state index is -0.913. The van der Waals surface area contributed by atoms with E-state index in [-0.39, 0.29) is 19.5 Å². The molecule has 2 atom stereocenters. The number of nitrogens with two attached hydrogens (primary N) is 1. The van der Waals surface area contributed by atoms with Crippen molar-refractivity contribution in [2.75, 3.05) is 13.7 Å². The lowest BCUT2D eigenvalue weighted by Crippen LogP contribution is -2.48. The summed E-state index contributed by atoms with van der Waals surface area (Å²) in [7, 11) is 1.35. The van der Waals surface area contributed by atoms with E-state index in [0.717, 1.165) is 19.4 Å². The van der Waals surface area contributed by atoms with Crippen LogP contribution in [0.2, 0.25) is 0 Å². The highest BCUT2D eigenvalue weighted by Crippen LogP contribution is 2.21. The highest BCUT2D eigenvalue weighted by atomic mass is 16.5. The summed E-state index contributed by atoms with van der Waals surface area (Å²) in [4.78, 5) is 11.2. The van der Waals surface area contributed by atoms with Gasteiger partial charge in [0.15, 0.2) is 0 Å². The van der Waals surface area contributed by atoms with E-state index >= 15 is 0 Å². The standard InChI is InChI=1S/C9H17NO3.CH4/c1-9(10,8(11)12-2)6-7-4-3-5-13-7;/h7H,3-6,10H2,1-2H3;1H4. The van der Waals surface area contributed by atoms with E-state index in [2.05, 4.69) is 4.74 Å². The van der Waals surface area contributed by atoms with Crippen LogP contribution in [-0.2, 0) is 14.3 Å². The van der Waals surface area contributed by atoms with Crippen LogP contribution in [0, 0.1) is 0 Å². The topological polar surface area (TPSA) is 61.5 Å². The Bertz CT molecular complexity index is 186. The minimum Gasteiger partial charge on any atom is -0.468 e. The van der Waals surface area contributed by atoms with Gasteiger partial charge in [0.2, 0.25) is 0 Å². The number of hydrogen-bond acceptors (Lipinski definition) is 4. The maximum atomic E-state index is 11.2. The van der Waals surface area contributed by atoms with Gasteiger partial charge in [-0.15, -0.1) is 0 Å². The Morgan fingerprint density at radius 3 is 2.79 bits per heavy atom. The molecular formula is C10H21NO3. The zero-order chi connectivity index (χ0) is 9.90. The fourth-order valence-corrected chi connectivity index (χ4v) is 1.59. The Kier molecular flexibility index (Phi) is 5.08. The number of hydrogen-bond donors (Lipinski definition) is 1. The lowest BCUT2D eigenvalue weighted by atomic mass is 9.94. The first-order valence-electron chi connectivity index (χ1n) is 4.55. The van der Waals surface area contributed by atoms with Gasteiger partial charge in [0.25, 0.3) is 0 Å². The summed E-state index contributed by atoms with van der Waals surface area (Å²) >= 11 is 0. The van der Waals surface area contributed by atoms with Gasteiger partial charge in [-0.2, -0.15) is 0 Å². The first-order valence-corrected chi connectivity index (χ1v) is 4.55. The monoisotopic (exact) mass is 203 g/mol. The number of carbonyl (C=O) groups is 1. The highest BCUT2D eigenvalue weighted by molar-refractivity contribution is 5.79. The number of esters is 1. The molecule has 14 heavy (non-hydrogen) atoms. The molecule has 0 radical (unpaired) electrons. The molecule has 1 rings (SSSR count). The van der Waals surface area contributed by atoms with Gasteiger partial charge in [-0.05, 0) is 19.8 Å². The van der Waals surface area contributed by atoms with Gasteiger partial charge < -0.3 is 15.2 Å². The number of methoxy groups -OCH3 is 1. The van der Waals surface area contributed by atoms with E-state index in [0.29, 0.717) is 6.42 Å². The summed E-state index contributed by atoms with van der Waals surface area (Å²) < 4.78 is 10.0. The average molecular weight is 203 g/mol. The number of ether oxygens (including phenoxy) is 2. The molecule has 1 aliphatic heterocycles. The zero-order valence-electron chi connectivity index (χ0n) is 8.21. The lowest BCUT2D eigenvalue weighted by molar-refractivity contribution is -0.147. The van der Waals surface area contributed by atoms with E-state index in [4.69, 9.17) is 10.5 Å². The van der Waals surface area contributed by atoms with Gasteiger partial charge in [0, 0.05) is 13.0 Å². The second-order valence-corrected chi connectivity index (χ2v) is 3.75. The molecule has 1 fully saturated rings. The molecule has 0 saturated carbocycles. The molecule has 1 saturated heterocycles. The normalized spacial score (nSPS) is 24.9. The summed E-state index contributed by atoms with van der Waals surface area (Å²) in [5.74, 6) is -0.372. The Morgan fingerprint density at radius 2 is 2.36 bits per heavy atom. The minimum absolute atomic E-state index is 0. The second-order valence-electron chi connectivity index (χ2n) is 3.75. The molecule has 1 heterocycles. The summed E-state index contributed by atoms with van der Waals surface area (Å²) in [5, 5.41) is 0. The Morgan fingerprint density at radius 1 is 1.71 bits per heavy atom. The van der Waals surface area contributed by atoms with E-state index in [1.54, 1.807) is 6.92 Å². The van der Waals surface area contributed by atoms with Crippen molar-refractivity contribution in [3.05, 3.63) is 0 Å². The van der Waals surface area contributed by atoms with Crippen LogP contribution in [0.5, 0.6) is 0 Å². The van der Waals surface area contributed by atoms with Crippen molar-refractivity contribution in [3.63, 3.8) is 0 Å². The van der Waals surface area contributed by atoms with Gasteiger partial charge in [-0.3, -0.25) is 4.79 Å². The first kappa shape index (κ1) is 13.4. The van der Waals surface area contributed by atoms with Crippen LogP contribution < -0.4 is 5.73 Å². The quantitative estimate of drug-likeness (QED) is 0.697. The van der Waals surface area contributed by atoms with Crippen molar-refractivity contribution < 1.29 is 14.3 Å². The maximum absolute atomic E-state index is 11.2. The maximum Gasteiger partial charge on any atom is 0.325 e. The molecule has 0 aromatic carbocycles. The summed E-state index contributed by atoms with van der Waals surface area (Å²) in [6, 6.07) is 0. The Balaban J connectivity index is 0.00000169. The molecule has 0 aliphatic carbocycles. The molecule has 0 aromatic rings. The predicted octanol–water partition coefficient (Wildman–Crippen LogP) is 1.08. The lowest BCUT2D eigenvalue weighted by Gasteiger charge is -2.24. The second kappa shape index (κ2) is 5.32. The fourth-order valence-electron chi connectivity index (χ4n) is 1.59. The van der Waals surface area contributed by atoms with E-state index in [1.807, 2.05) is 0 Å². The first-order chi connectivity index (χ1) is 6.06. The Labute approximate surface area is 85.8 Å². The van der Waals surface area contributed by atoms with Crippen LogP contribution in [-0.4, -0.2) is 31.3 Å². The van der Waals surface area contributed by atoms with Crippen LogP contribution in [0.3, 0.4) is 0 Å². The van der Waals surface area contributed by atoms with Crippen LogP contribution in [0.15, 0.2) is 0 Å². The molecule has 84 valence electrons. The highest BCUT2D eigenvalue weighted by Gasteiger charge is 2.34. The van der Waals surface area contributed by atoms with Gasteiger partial charge in [-0.25, -0.2) is 0 Å². The van der Waals surface area contributed by atoms with Gasteiger partial charge in [0.1, 0.15) is 5.54 Å². The molecule has 0 bridgehead atoms. The van der Waals surface area contributed by atoms with Gasteiger partial charge in [-0.1, -0.05) is 7.43 Å². The Hall–Kier alpha value is -0.610. The summed E-state index contributed by atoms with van der Waals surface area (Å²) in [5.41, 5.74) is 4.88. The molecule has 0 spiro atoms. The van der Waals surface area contributed by atoms with Crippen molar-refractivity contribution >= 4 is 5.97 Å². The molecule has 4 heteroatoms. The van der Waals surface area contributed by atoms with Crippen molar-refractivity contribution in [3.8, 4) is 0 Å². The average Bonchev–Trinajstić information content (AvgIpc) is 2.54. The van der Waals surface area contributed by atoms with Crippen molar-refractivity contribution in [2.45, 2.75) is 45.3 Å². The van der Waals surface area contributed by atoms with Crippen LogP contribution in [0.1, 0.15) is 33.6 Å². The third-order valence-electron chi connectivity index (χ3n) is 2.33. The van der Waals surface area contributed by atoms with E-state index in [9.17, 15) is 4.79 Å².